The fourth-order valence-corrected chi connectivity index (χ4v) is 1.56. The van der Waals surface area contributed by atoms with Gasteiger partial charge in [-0.15, -0.1) is 0 Å². The third-order valence-corrected chi connectivity index (χ3v) is 2.17. The van der Waals surface area contributed by atoms with E-state index in [0.29, 0.717) is 18.5 Å². The van der Waals surface area contributed by atoms with Crippen LogP contribution >= 0.6 is 11.6 Å². The molecule has 1 aromatic carbocycles. The molecule has 1 aromatic rings. The summed E-state index contributed by atoms with van der Waals surface area (Å²) in [6.07, 6.45) is 1.44. The molecule has 0 amide bonds. The Labute approximate surface area is 82.7 Å². The van der Waals surface area contributed by atoms with Crippen LogP contribution in [0, 0.1) is 12.7 Å². The highest BCUT2D eigenvalue weighted by atomic mass is 35.5. The van der Waals surface area contributed by atoms with Crippen LogP contribution in [0.25, 0.3) is 0 Å². The Balaban J connectivity index is 2.92. The number of nitrogens with two attached hydrogens (primary N) is 1. The zero-order valence-electron chi connectivity index (χ0n) is 7.61. The Kier molecular flexibility index (Phi) is 3.70. The van der Waals surface area contributed by atoms with E-state index in [1.54, 1.807) is 6.07 Å². The van der Waals surface area contributed by atoms with Gasteiger partial charge in [0.1, 0.15) is 5.82 Å². The molecule has 0 saturated carbocycles. The van der Waals surface area contributed by atoms with E-state index >= 15 is 0 Å². The number of halogens is 2. The van der Waals surface area contributed by atoms with Gasteiger partial charge in [0.05, 0.1) is 5.02 Å². The fraction of sp³-hybridized carbons (Fsp3) is 0.400. The number of hydrogen-bond acceptors (Lipinski definition) is 1. The average Bonchev–Trinajstić information content (AvgIpc) is 2.09. The molecule has 0 aliphatic carbocycles. The highest BCUT2D eigenvalue weighted by Crippen LogP contribution is 2.21. The first kappa shape index (κ1) is 10.5. The molecule has 0 spiro atoms. The third kappa shape index (κ3) is 2.68. The standard InChI is InChI=1S/C10H13ClFN/c1-7-5-8(3-2-4-13)10(12)9(11)6-7/h5-6H,2-4,13H2,1H3. The van der Waals surface area contributed by atoms with Crippen molar-refractivity contribution in [3.8, 4) is 0 Å². The Morgan fingerprint density at radius 1 is 1.46 bits per heavy atom. The molecule has 72 valence electrons. The van der Waals surface area contributed by atoms with Crippen molar-refractivity contribution in [1.29, 1.82) is 0 Å². The minimum atomic E-state index is -0.305. The maximum atomic E-state index is 13.3. The van der Waals surface area contributed by atoms with Gasteiger partial charge in [0, 0.05) is 0 Å². The van der Waals surface area contributed by atoms with Crippen LogP contribution in [0.3, 0.4) is 0 Å². The summed E-state index contributed by atoms with van der Waals surface area (Å²) in [6, 6.07) is 3.44. The van der Waals surface area contributed by atoms with E-state index in [2.05, 4.69) is 0 Å². The van der Waals surface area contributed by atoms with Crippen LogP contribution in [0.2, 0.25) is 5.02 Å². The third-order valence-electron chi connectivity index (χ3n) is 1.90. The molecule has 1 rings (SSSR count). The number of hydrogen-bond donors (Lipinski definition) is 1. The first-order valence-corrected chi connectivity index (χ1v) is 4.67. The van der Waals surface area contributed by atoms with Gasteiger partial charge >= 0.3 is 0 Å². The summed E-state index contributed by atoms with van der Waals surface area (Å²) < 4.78 is 13.3. The molecule has 2 N–H and O–H groups in total. The lowest BCUT2D eigenvalue weighted by molar-refractivity contribution is 0.605. The second kappa shape index (κ2) is 4.58. The summed E-state index contributed by atoms with van der Waals surface area (Å²) in [4.78, 5) is 0. The zero-order valence-corrected chi connectivity index (χ0v) is 8.37. The molecule has 0 bridgehead atoms. The zero-order chi connectivity index (χ0) is 9.84. The predicted molar refractivity (Wildman–Crippen MR) is 53.5 cm³/mol. The van der Waals surface area contributed by atoms with Crippen molar-refractivity contribution in [2.24, 2.45) is 5.73 Å². The van der Waals surface area contributed by atoms with Gasteiger partial charge in [0.15, 0.2) is 0 Å². The average molecular weight is 202 g/mol. The maximum Gasteiger partial charge on any atom is 0.144 e. The molecule has 0 unspecified atom stereocenters. The summed E-state index contributed by atoms with van der Waals surface area (Å²) in [6.45, 7) is 2.47. The molecule has 3 heteroatoms. The van der Waals surface area contributed by atoms with Crippen molar-refractivity contribution in [1.82, 2.24) is 0 Å². The van der Waals surface area contributed by atoms with E-state index < -0.39 is 0 Å². The van der Waals surface area contributed by atoms with Crippen molar-refractivity contribution in [2.75, 3.05) is 6.54 Å². The second-order valence-electron chi connectivity index (χ2n) is 3.11. The topological polar surface area (TPSA) is 26.0 Å². The summed E-state index contributed by atoms with van der Waals surface area (Å²) in [5.74, 6) is -0.305. The summed E-state index contributed by atoms with van der Waals surface area (Å²) in [5.41, 5.74) is 6.99. The molecule has 0 fully saturated rings. The number of aryl methyl sites for hydroxylation is 2. The van der Waals surface area contributed by atoms with E-state index in [1.807, 2.05) is 13.0 Å². The van der Waals surface area contributed by atoms with E-state index in [0.717, 1.165) is 12.0 Å². The predicted octanol–water partition coefficient (Wildman–Crippen LogP) is 2.68. The first-order chi connectivity index (χ1) is 6.15. The smallest absolute Gasteiger partial charge is 0.144 e. The minimum Gasteiger partial charge on any atom is -0.330 e. The summed E-state index contributed by atoms with van der Waals surface area (Å²) in [5, 5.41) is 0.201. The molecule has 0 saturated heterocycles. The van der Waals surface area contributed by atoms with Gasteiger partial charge in [0.2, 0.25) is 0 Å². The van der Waals surface area contributed by atoms with E-state index in [1.165, 1.54) is 0 Å². The fourth-order valence-electron chi connectivity index (χ4n) is 1.27. The molecule has 0 aliphatic heterocycles. The Morgan fingerprint density at radius 3 is 2.77 bits per heavy atom. The molecular formula is C10H13ClFN. The summed E-state index contributed by atoms with van der Waals surface area (Å²) in [7, 11) is 0. The molecule has 13 heavy (non-hydrogen) atoms. The molecule has 1 nitrogen and oxygen atoms in total. The van der Waals surface area contributed by atoms with Gasteiger partial charge in [-0.05, 0) is 43.5 Å². The molecule has 0 heterocycles. The van der Waals surface area contributed by atoms with Gasteiger partial charge in [-0.2, -0.15) is 0 Å². The highest BCUT2D eigenvalue weighted by Gasteiger charge is 2.06. The van der Waals surface area contributed by atoms with Crippen molar-refractivity contribution in [2.45, 2.75) is 19.8 Å². The molecule has 0 radical (unpaired) electrons. The van der Waals surface area contributed by atoms with Gasteiger partial charge in [-0.3, -0.25) is 0 Å². The SMILES string of the molecule is Cc1cc(Cl)c(F)c(CCCN)c1. The largest absolute Gasteiger partial charge is 0.330 e. The van der Waals surface area contributed by atoms with Gasteiger partial charge in [0.25, 0.3) is 0 Å². The van der Waals surface area contributed by atoms with Crippen LogP contribution in [-0.4, -0.2) is 6.54 Å². The molecular weight excluding hydrogens is 189 g/mol. The Bertz CT molecular complexity index is 299. The van der Waals surface area contributed by atoms with E-state index in [-0.39, 0.29) is 10.8 Å². The van der Waals surface area contributed by atoms with Crippen LogP contribution in [0.5, 0.6) is 0 Å². The normalized spacial score (nSPS) is 10.5. The van der Waals surface area contributed by atoms with Crippen LogP contribution in [0.15, 0.2) is 12.1 Å². The monoisotopic (exact) mass is 201 g/mol. The van der Waals surface area contributed by atoms with E-state index in [9.17, 15) is 4.39 Å². The lowest BCUT2D eigenvalue weighted by Gasteiger charge is -2.05. The lowest BCUT2D eigenvalue weighted by atomic mass is 10.1. The van der Waals surface area contributed by atoms with Gasteiger partial charge < -0.3 is 5.73 Å². The van der Waals surface area contributed by atoms with Crippen LogP contribution in [0.4, 0.5) is 4.39 Å². The second-order valence-corrected chi connectivity index (χ2v) is 3.52. The Morgan fingerprint density at radius 2 is 2.15 bits per heavy atom. The molecule has 0 aliphatic rings. The van der Waals surface area contributed by atoms with Crippen molar-refractivity contribution < 1.29 is 4.39 Å². The lowest BCUT2D eigenvalue weighted by Crippen LogP contribution is -2.02. The van der Waals surface area contributed by atoms with Crippen molar-refractivity contribution in [3.63, 3.8) is 0 Å². The maximum absolute atomic E-state index is 13.3. The molecule has 0 aromatic heterocycles. The van der Waals surface area contributed by atoms with E-state index in [4.69, 9.17) is 17.3 Å². The molecule has 0 atom stereocenters. The van der Waals surface area contributed by atoms with Crippen LogP contribution in [0.1, 0.15) is 17.5 Å². The highest BCUT2D eigenvalue weighted by molar-refractivity contribution is 6.30. The van der Waals surface area contributed by atoms with Crippen LogP contribution in [-0.2, 0) is 6.42 Å². The van der Waals surface area contributed by atoms with Crippen molar-refractivity contribution in [3.05, 3.63) is 34.1 Å². The number of rotatable bonds is 3. The van der Waals surface area contributed by atoms with Crippen LogP contribution < -0.4 is 5.73 Å². The van der Waals surface area contributed by atoms with Gasteiger partial charge in [-0.1, -0.05) is 17.7 Å². The summed E-state index contributed by atoms with van der Waals surface area (Å²) >= 11 is 5.69. The van der Waals surface area contributed by atoms with Crippen molar-refractivity contribution >= 4 is 11.6 Å². The first-order valence-electron chi connectivity index (χ1n) is 4.29. The quantitative estimate of drug-likeness (QED) is 0.800. The van der Waals surface area contributed by atoms with Gasteiger partial charge in [-0.25, -0.2) is 4.39 Å². The Hall–Kier alpha value is -0.600. The number of benzene rings is 1. The minimum absolute atomic E-state index is 0.201.